The number of pyridine rings is 1. The molecule has 0 radical (unpaired) electrons. The first-order chi connectivity index (χ1) is 5.77. The van der Waals surface area contributed by atoms with Gasteiger partial charge in [-0.1, -0.05) is 28.7 Å². The third-order valence-corrected chi connectivity index (χ3v) is 2.57. The molecule has 12 heavy (non-hydrogen) atoms. The second-order valence-corrected chi connectivity index (χ2v) is 3.35. The molecule has 1 heterocycles. The zero-order valence-electron chi connectivity index (χ0n) is 7.42. The number of aromatic nitrogens is 1. The lowest BCUT2D eigenvalue weighted by Gasteiger charge is -2.18. The average Bonchev–Trinajstić information content (AvgIpc) is 2.10. The largest absolute Gasteiger partial charge is 0.348 e. The van der Waals surface area contributed by atoms with Gasteiger partial charge in [-0.05, 0) is 25.5 Å². The van der Waals surface area contributed by atoms with Crippen molar-refractivity contribution in [1.82, 2.24) is 4.98 Å². The lowest BCUT2D eigenvalue weighted by molar-refractivity contribution is 0.928. The molecule has 0 bridgehead atoms. The number of rotatable bonds is 3. The molecule has 0 fully saturated rings. The van der Waals surface area contributed by atoms with Crippen molar-refractivity contribution < 1.29 is 0 Å². The molecule has 0 saturated heterocycles. The number of alkyl halides is 1. The van der Waals surface area contributed by atoms with Crippen molar-refractivity contribution in [2.75, 3.05) is 16.0 Å². The number of anilines is 1. The summed E-state index contributed by atoms with van der Waals surface area (Å²) >= 11 is 2.35. The van der Waals surface area contributed by atoms with E-state index in [4.69, 9.17) is 0 Å². The molecule has 0 atom stereocenters. The summed E-state index contributed by atoms with van der Waals surface area (Å²) in [5.74, 6) is 1.07. The zero-order chi connectivity index (χ0) is 8.97. The molecule has 0 aliphatic rings. The van der Waals surface area contributed by atoms with E-state index < -0.39 is 0 Å². The molecule has 0 unspecified atom stereocenters. The standard InChI is InChI=1S/C9H13IN2/c1-3-12(7-10)9-5-4-8(2)6-11-9/h4-6H,3,7H2,1-2H3. The predicted octanol–water partition coefficient (Wildman–Crippen LogP) is 2.61. The Hall–Kier alpha value is -0.320. The number of hydrogen-bond acceptors (Lipinski definition) is 2. The Morgan fingerprint density at radius 2 is 2.25 bits per heavy atom. The van der Waals surface area contributed by atoms with Gasteiger partial charge in [0.1, 0.15) is 5.82 Å². The smallest absolute Gasteiger partial charge is 0.129 e. The van der Waals surface area contributed by atoms with Crippen LogP contribution in [0.15, 0.2) is 18.3 Å². The van der Waals surface area contributed by atoms with E-state index in [1.165, 1.54) is 5.56 Å². The number of halogens is 1. The van der Waals surface area contributed by atoms with Gasteiger partial charge in [-0.15, -0.1) is 0 Å². The summed E-state index contributed by atoms with van der Waals surface area (Å²) in [6.45, 7) is 5.20. The first-order valence-electron chi connectivity index (χ1n) is 4.01. The molecule has 0 saturated carbocycles. The maximum Gasteiger partial charge on any atom is 0.129 e. The SMILES string of the molecule is CCN(CI)c1ccc(C)cn1. The monoisotopic (exact) mass is 276 g/mol. The minimum Gasteiger partial charge on any atom is -0.348 e. The van der Waals surface area contributed by atoms with Crippen molar-refractivity contribution in [1.29, 1.82) is 0 Å². The molecule has 0 aliphatic carbocycles. The molecule has 66 valence electrons. The predicted molar refractivity (Wildman–Crippen MR) is 60.9 cm³/mol. The quantitative estimate of drug-likeness (QED) is 0.479. The highest BCUT2D eigenvalue weighted by atomic mass is 127. The third kappa shape index (κ3) is 2.33. The van der Waals surface area contributed by atoms with Gasteiger partial charge in [0.05, 0.1) is 4.55 Å². The fourth-order valence-electron chi connectivity index (χ4n) is 0.955. The van der Waals surface area contributed by atoms with E-state index in [9.17, 15) is 0 Å². The molecular formula is C9H13IN2. The van der Waals surface area contributed by atoms with E-state index in [1.807, 2.05) is 6.20 Å². The summed E-state index contributed by atoms with van der Waals surface area (Å²) in [6.07, 6.45) is 1.91. The van der Waals surface area contributed by atoms with Crippen LogP contribution in [0, 0.1) is 6.92 Å². The van der Waals surface area contributed by atoms with Gasteiger partial charge in [0.2, 0.25) is 0 Å². The van der Waals surface area contributed by atoms with Crippen LogP contribution in [0.25, 0.3) is 0 Å². The van der Waals surface area contributed by atoms with Crippen LogP contribution in [-0.4, -0.2) is 16.1 Å². The highest BCUT2D eigenvalue weighted by molar-refractivity contribution is 14.1. The summed E-state index contributed by atoms with van der Waals surface area (Å²) in [5, 5.41) is 0. The number of aryl methyl sites for hydroxylation is 1. The Balaban J connectivity index is 2.80. The normalized spacial score (nSPS) is 9.92. The Morgan fingerprint density at radius 3 is 2.67 bits per heavy atom. The van der Waals surface area contributed by atoms with Gasteiger partial charge in [-0.3, -0.25) is 0 Å². The van der Waals surface area contributed by atoms with Crippen LogP contribution in [0.5, 0.6) is 0 Å². The lowest BCUT2D eigenvalue weighted by Crippen LogP contribution is -2.21. The van der Waals surface area contributed by atoms with Crippen molar-refractivity contribution >= 4 is 28.4 Å². The summed E-state index contributed by atoms with van der Waals surface area (Å²) < 4.78 is 0.990. The summed E-state index contributed by atoms with van der Waals surface area (Å²) in [5.41, 5.74) is 1.21. The fraction of sp³-hybridized carbons (Fsp3) is 0.444. The van der Waals surface area contributed by atoms with E-state index in [-0.39, 0.29) is 0 Å². The highest BCUT2D eigenvalue weighted by Crippen LogP contribution is 2.11. The Labute approximate surface area is 87.1 Å². The molecule has 1 aromatic heterocycles. The van der Waals surface area contributed by atoms with Gasteiger partial charge in [-0.2, -0.15) is 0 Å². The van der Waals surface area contributed by atoms with E-state index in [0.717, 1.165) is 16.9 Å². The minimum absolute atomic E-state index is 0.990. The molecule has 2 nitrogen and oxygen atoms in total. The maximum absolute atomic E-state index is 4.34. The van der Waals surface area contributed by atoms with Gasteiger partial charge < -0.3 is 4.90 Å². The molecule has 1 aromatic rings. The van der Waals surface area contributed by atoms with Crippen LogP contribution in [-0.2, 0) is 0 Å². The molecular weight excluding hydrogens is 263 g/mol. The van der Waals surface area contributed by atoms with Crippen molar-refractivity contribution in [3.05, 3.63) is 23.9 Å². The van der Waals surface area contributed by atoms with Crippen LogP contribution in [0.2, 0.25) is 0 Å². The fourth-order valence-corrected chi connectivity index (χ4v) is 1.79. The van der Waals surface area contributed by atoms with E-state index in [1.54, 1.807) is 0 Å². The second-order valence-electron chi connectivity index (χ2n) is 2.67. The van der Waals surface area contributed by atoms with Gasteiger partial charge >= 0.3 is 0 Å². The van der Waals surface area contributed by atoms with Crippen molar-refractivity contribution in [3.8, 4) is 0 Å². The topological polar surface area (TPSA) is 16.1 Å². The molecule has 3 heteroatoms. The molecule has 0 spiro atoms. The van der Waals surface area contributed by atoms with E-state index in [2.05, 4.69) is 58.5 Å². The van der Waals surface area contributed by atoms with Gasteiger partial charge in [0.15, 0.2) is 0 Å². The minimum atomic E-state index is 0.990. The van der Waals surface area contributed by atoms with Crippen molar-refractivity contribution in [3.63, 3.8) is 0 Å². The first-order valence-corrected chi connectivity index (χ1v) is 5.54. The third-order valence-electron chi connectivity index (χ3n) is 1.75. The van der Waals surface area contributed by atoms with Gasteiger partial charge in [-0.25, -0.2) is 4.98 Å². The maximum atomic E-state index is 4.34. The van der Waals surface area contributed by atoms with Crippen LogP contribution in [0.4, 0.5) is 5.82 Å². The summed E-state index contributed by atoms with van der Waals surface area (Å²) in [7, 11) is 0. The average molecular weight is 276 g/mol. The second kappa shape index (κ2) is 4.64. The van der Waals surface area contributed by atoms with Crippen molar-refractivity contribution in [2.45, 2.75) is 13.8 Å². The van der Waals surface area contributed by atoms with Crippen LogP contribution >= 0.6 is 22.6 Å². The number of nitrogens with zero attached hydrogens (tertiary/aromatic N) is 2. The molecule has 0 aliphatic heterocycles. The summed E-state index contributed by atoms with van der Waals surface area (Å²) in [4.78, 5) is 6.56. The zero-order valence-corrected chi connectivity index (χ0v) is 9.58. The molecule has 0 amide bonds. The van der Waals surface area contributed by atoms with Crippen LogP contribution < -0.4 is 4.90 Å². The highest BCUT2D eigenvalue weighted by Gasteiger charge is 2.01. The first kappa shape index (κ1) is 9.77. The molecule has 1 rings (SSSR count). The van der Waals surface area contributed by atoms with E-state index >= 15 is 0 Å². The van der Waals surface area contributed by atoms with Gasteiger partial charge in [0, 0.05) is 12.7 Å². The summed E-state index contributed by atoms with van der Waals surface area (Å²) in [6, 6.07) is 4.16. The van der Waals surface area contributed by atoms with Crippen LogP contribution in [0.1, 0.15) is 12.5 Å². The Kier molecular flexibility index (Phi) is 3.78. The molecule has 0 aromatic carbocycles. The Morgan fingerprint density at radius 1 is 1.50 bits per heavy atom. The van der Waals surface area contributed by atoms with E-state index in [0.29, 0.717) is 0 Å². The van der Waals surface area contributed by atoms with Crippen LogP contribution in [0.3, 0.4) is 0 Å². The number of hydrogen-bond donors (Lipinski definition) is 0. The molecule has 0 N–H and O–H groups in total. The Bertz CT molecular complexity index is 229. The van der Waals surface area contributed by atoms with Gasteiger partial charge in [0.25, 0.3) is 0 Å². The van der Waals surface area contributed by atoms with Crippen molar-refractivity contribution in [2.24, 2.45) is 0 Å². The lowest BCUT2D eigenvalue weighted by atomic mass is 10.3.